The molecule has 0 unspecified atom stereocenters. The van der Waals surface area contributed by atoms with Gasteiger partial charge in [-0.25, -0.2) is 4.98 Å². The highest BCUT2D eigenvalue weighted by Gasteiger charge is 1.99. The average molecular weight is 160 g/mol. The molecule has 0 aliphatic rings. The van der Waals surface area contributed by atoms with E-state index >= 15 is 0 Å². The molecule has 0 atom stereocenters. The van der Waals surface area contributed by atoms with Crippen molar-refractivity contribution in [1.82, 2.24) is 20.2 Å². The minimum absolute atomic E-state index is 0.704. The van der Waals surface area contributed by atoms with E-state index in [1.807, 2.05) is 19.1 Å². The highest BCUT2D eigenvalue weighted by molar-refractivity contribution is 5.47. The molecule has 0 spiro atoms. The minimum Gasteiger partial charge on any atom is -0.258 e. The number of aryl methyl sites for hydroxylation is 1. The van der Waals surface area contributed by atoms with Crippen LogP contribution in [0.2, 0.25) is 0 Å². The maximum atomic E-state index is 4.19. The first kappa shape index (κ1) is 6.97. The zero-order valence-corrected chi connectivity index (χ0v) is 6.65. The van der Waals surface area contributed by atoms with Gasteiger partial charge >= 0.3 is 0 Å². The van der Waals surface area contributed by atoms with Crippen molar-refractivity contribution in [2.75, 3.05) is 0 Å². The van der Waals surface area contributed by atoms with Crippen LogP contribution >= 0.6 is 0 Å². The summed E-state index contributed by atoms with van der Waals surface area (Å²) < 4.78 is 0. The number of rotatable bonds is 1. The predicted octanol–water partition coefficient (Wildman–Crippen LogP) is 1.18. The molecule has 0 amide bonds. The van der Waals surface area contributed by atoms with Gasteiger partial charge in [-0.2, -0.15) is 5.10 Å². The van der Waals surface area contributed by atoms with Crippen LogP contribution in [0.25, 0.3) is 11.5 Å². The summed E-state index contributed by atoms with van der Waals surface area (Å²) in [6, 6.07) is 3.90. The molecule has 0 aromatic carbocycles. The van der Waals surface area contributed by atoms with E-state index in [4.69, 9.17) is 0 Å². The zero-order valence-electron chi connectivity index (χ0n) is 6.65. The SMILES string of the molecule is Cc1ccc(-c2ncn[nH]2)nc1. The van der Waals surface area contributed by atoms with E-state index in [-0.39, 0.29) is 0 Å². The van der Waals surface area contributed by atoms with Crippen molar-refractivity contribution < 1.29 is 0 Å². The summed E-state index contributed by atoms with van der Waals surface area (Å²) in [5.74, 6) is 0.704. The molecule has 12 heavy (non-hydrogen) atoms. The van der Waals surface area contributed by atoms with Gasteiger partial charge in [-0.1, -0.05) is 6.07 Å². The molecule has 0 aliphatic heterocycles. The Labute approximate surface area is 69.7 Å². The van der Waals surface area contributed by atoms with Crippen LogP contribution < -0.4 is 0 Å². The first-order valence-electron chi connectivity index (χ1n) is 3.64. The Morgan fingerprint density at radius 1 is 1.25 bits per heavy atom. The van der Waals surface area contributed by atoms with Gasteiger partial charge in [-0.3, -0.25) is 10.1 Å². The number of pyridine rings is 1. The molecule has 60 valence electrons. The molecule has 0 saturated heterocycles. The maximum Gasteiger partial charge on any atom is 0.174 e. The van der Waals surface area contributed by atoms with E-state index in [1.165, 1.54) is 6.33 Å². The molecule has 1 N–H and O–H groups in total. The molecule has 0 saturated carbocycles. The number of hydrogen-bond acceptors (Lipinski definition) is 3. The van der Waals surface area contributed by atoms with E-state index in [1.54, 1.807) is 6.20 Å². The van der Waals surface area contributed by atoms with Gasteiger partial charge < -0.3 is 0 Å². The number of aromatic amines is 1. The molecule has 4 nitrogen and oxygen atoms in total. The Bertz CT molecular complexity index is 349. The van der Waals surface area contributed by atoms with Crippen LogP contribution in [0.4, 0.5) is 0 Å². The summed E-state index contributed by atoms with van der Waals surface area (Å²) in [6.45, 7) is 2.00. The lowest BCUT2D eigenvalue weighted by Gasteiger charge is -1.94. The van der Waals surface area contributed by atoms with Crippen molar-refractivity contribution in [2.24, 2.45) is 0 Å². The largest absolute Gasteiger partial charge is 0.258 e. The van der Waals surface area contributed by atoms with Gasteiger partial charge in [0.2, 0.25) is 0 Å². The van der Waals surface area contributed by atoms with Crippen LogP contribution in [0, 0.1) is 6.92 Å². The van der Waals surface area contributed by atoms with E-state index in [0.29, 0.717) is 5.82 Å². The van der Waals surface area contributed by atoms with E-state index in [0.717, 1.165) is 11.3 Å². The smallest absolute Gasteiger partial charge is 0.174 e. The fourth-order valence-electron chi connectivity index (χ4n) is 0.937. The predicted molar refractivity (Wildman–Crippen MR) is 44.4 cm³/mol. The van der Waals surface area contributed by atoms with Crippen LogP contribution in [0.5, 0.6) is 0 Å². The second-order valence-corrected chi connectivity index (χ2v) is 2.55. The Hall–Kier alpha value is -1.71. The van der Waals surface area contributed by atoms with Gasteiger partial charge in [0.1, 0.15) is 12.0 Å². The Kier molecular flexibility index (Phi) is 1.59. The molecule has 2 aromatic rings. The molecule has 2 rings (SSSR count). The molecule has 0 aliphatic carbocycles. The van der Waals surface area contributed by atoms with Crippen LogP contribution in [0.1, 0.15) is 5.56 Å². The maximum absolute atomic E-state index is 4.19. The molecule has 0 fully saturated rings. The number of nitrogens with zero attached hydrogens (tertiary/aromatic N) is 3. The van der Waals surface area contributed by atoms with Crippen molar-refractivity contribution in [3.05, 3.63) is 30.2 Å². The van der Waals surface area contributed by atoms with Gasteiger partial charge in [0.05, 0.1) is 0 Å². The first-order valence-corrected chi connectivity index (χ1v) is 3.64. The molecule has 2 heterocycles. The summed E-state index contributed by atoms with van der Waals surface area (Å²) in [5, 5.41) is 6.49. The highest BCUT2D eigenvalue weighted by atomic mass is 15.2. The monoisotopic (exact) mass is 160 g/mol. The summed E-state index contributed by atoms with van der Waals surface area (Å²) in [5.41, 5.74) is 1.95. The van der Waals surface area contributed by atoms with Gasteiger partial charge in [0.25, 0.3) is 0 Å². The van der Waals surface area contributed by atoms with Crippen LogP contribution in [-0.2, 0) is 0 Å². The highest BCUT2D eigenvalue weighted by Crippen LogP contribution is 2.09. The van der Waals surface area contributed by atoms with Gasteiger partial charge in [0, 0.05) is 6.20 Å². The Morgan fingerprint density at radius 3 is 2.75 bits per heavy atom. The summed E-state index contributed by atoms with van der Waals surface area (Å²) in [6.07, 6.45) is 3.27. The van der Waals surface area contributed by atoms with Gasteiger partial charge in [-0.15, -0.1) is 0 Å². The summed E-state index contributed by atoms with van der Waals surface area (Å²) in [4.78, 5) is 8.17. The third-order valence-corrected chi connectivity index (χ3v) is 1.57. The zero-order chi connectivity index (χ0) is 8.39. The van der Waals surface area contributed by atoms with E-state index < -0.39 is 0 Å². The van der Waals surface area contributed by atoms with Crippen molar-refractivity contribution in [2.45, 2.75) is 6.92 Å². The minimum atomic E-state index is 0.704. The van der Waals surface area contributed by atoms with E-state index in [2.05, 4.69) is 20.2 Å². The van der Waals surface area contributed by atoms with Crippen LogP contribution in [0.3, 0.4) is 0 Å². The summed E-state index contributed by atoms with van der Waals surface area (Å²) in [7, 11) is 0. The molecule has 4 heteroatoms. The quantitative estimate of drug-likeness (QED) is 0.681. The van der Waals surface area contributed by atoms with Gasteiger partial charge in [0.15, 0.2) is 5.82 Å². The average Bonchev–Trinajstić information content (AvgIpc) is 2.58. The van der Waals surface area contributed by atoms with Crippen molar-refractivity contribution in [3.8, 4) is 11.5 Å². The van der Waals surface area contributed by atoms with E-state index in [9.17, 15) is 0 Å². The normalized spacial score (nSPS) is 10.1. The molecule has 0 radical (unpaired) electrons. The molecule has 2 aromatic heterocycles. The topological polar surface area (TPSA) is 54.5 Å². The fourth-order valence-corrected chi connectivity index (χ4v) is 0.937. The number of H-pyrrole nitrogens is 1. The van der Waals surface area contributed by atoms with Gasteiger partial charge in [-0.05, 0) is 18.6 Å². The lowest BCUT2D eigenvalue weighted by atomic mass is 10.3. The number of nitrogens with one attached hydrogen (secondary N) is 1. The lowest BCUT2D eigenvalue weighted by Crippen LogP contribution is -1.85. The lowest BCUT2D eigenvalue weighted by molar-refractivity contribution is 1.08. The molecular formula is C8H8N4. The fraction of sp³-hybridized carbons (Fsp3) is 0.125. The molecule has 0 bridgehead atoms. The Morgan fingerprint density at radius 2 is 2.17 bits per heavy atom. The second kappa shape index (κ2) is 2.73. The Balaban J connectivity index is 2.43. The first-order chi connectivity index (χ1) is 5.86. The second-order valence-electron chi connectivity index (χ2n) is 2.55. The molecular weight excluding hydrogens is 152 g/mol. The van der Waals surface area contributed by atoms with Crippen molar-refractivity contribution in [3.63, 3.8) is 0 Å². The third-order valence-electron chi connectivity index (χ3n) is 1.57. The number of hydrogen-bond donors (Lipinski definition) is 1. The third kappa shape index (κ3) is 1.18. The van der Waals surface area contributed by atoms with Crippen molar-refractivity contribution >= 4 is 0 Å². The summed E-state index contributed by atoms with van der Waals surface area (Å²) >= 11 is 0. The standard InChI is InChI=1S/C8H8N4/c1-6-2-3-7(9-4-6)8-10-5-11-12-8/h2-5H,1H3,(H,10,11,12). The van der Waals surface area contributed by atoms with Crippen LogP contribution in [0.15, 0.2) is 24.7 Å². The number of aromatic nitrogens is 4. The van der Waals surface area contributed by atoms with Crippen LogP contribution in [-0.4, -0.2) is 20.2 Å². The van der Waals surface area contributed by atoms with Crippen molar-refractivity contribution in [1.29, 1.82) is 0 Å².